The van der Waals surface area contributed by atoms with Gasteiger partial charge in [0.2, 0.25) is 0 Å². The van der Waals surface area contributed by atoms with E-state index in [1.807, 2.05) is 6.07 Å². The molecule has 4 heteroatoms. The standard InChI is InChI=1S/C10H13BrN2S/c1-8(2)13(6-5-12)7-9-3-4-10(11)14-9/h3-4,8H,6-7H2,1-2H3. The van der Waals surface area contributed by atoms with Gasteiger partial charge < -0.3 is 0 Å². The van der Waals surface area contributed by atoms with Gasteiger partial charge in [0.1, 0.15) is 0 Å². The molecule has 0 saturated heterocycles. The third-order valence-electron chi connectivity index (χ3n) is 1.99. The minimum atomic E-state index is 0.413. The van der Waals surface area contributed by atoms with Gasteiger partial charge >= 0.3 is 0 Å². The number of thiophene rings is 1. The second-order valence-corrected chi connectivity index (χ2v) is 5.91. The molecule has 1 heterocycles. The van der Waals surface area contributed by atoms with Crippen molar-refractivity contribution >= 4 is 27.3 Å². The molecule has 1 aromatic heterocycles. The summed E-state index contributed by atoms with van der Waals surface area (Å²) in [6, 6.07) is 6.75. The Hall–Kier alpha value is -0.370. The molecule has 1 aromatic rings. The fourth-order valence-corrected chi connectivity index (χ4v) is 2.66. The van der Waals surface area contributed by atoms with Crippen LogP contribution in [-0.2, 0) is 6.54 Å². The van der Waals surface area contributed by atoms with Gasteiger partial charge in [0.25, 0.3) is 0 Å². The van der Waals surface area contributed by atoms with Crippen LogP contribution < -0.4 is 0 Å². The minimum Gasteiger partial charge on any atom is -0.283 e. The van der Waals surface area contributed by atoms with E-state index in [0.717, 1.165) is 10.3 Å². The van der Waals surface area contributed by atoms with Crippen LogP contribution in [0.4, 0.5) is 0 Å². The van der Waals surface area contributed by atoms with Gasteiger partial charge in [0.05, 0.1) is 16.4 Å². The van der Waals surface area contributed by atoms with E-state index < -0.39 is 0 Å². The minimum absolute atomic E-state index is 0.413. The van der Waals surface area contributed by atoms with Crippen molar-refractivity contribution in [2.75, 3.05) is 6.54 Å². The lowest BCUT2D eigenvalue weighted by atomic mass is 10.3. The molecule has 0 aromatic carbocycles. The van der Waals surface area contributed by atoms with Crippen molar-refractivity contribution in [2.24, 2.45) is 0 Å². The van der Waals surface area contributed by atoms with E-state index in [0.29, 0.717) is 12.6 Å². The monoisotopic (exact) mass is 272 g/mol. The van der Waals surface area contributed by atoms with Crippen LogP contribution in [0.25, 0.3) is 0 Å². The number of hydrogen-bond acceptors (Lipinski definition) is 3. The highest BCUT2D eigenvalue weighted by molar-refractivity contribution is 9.11. The van der Waals surface area contributed by atoms with Crippen molar-refractivity contribution in [3.63, 3.8) is 0 Å². The molecule has 2 nitrogen and oxygen atoms in total. The normalized spacial score (nSPS) is 10.9. The van der Waals surface area contributed by atoms with Crippen LogP contribution in [0.1, 0.15) is 18.7 Å². The Bertz CT molecular complexity index is 327. The van der Waals surface area contributed by atoms with Gasteiger partial charge in [0, 0.05) is 17.5 Å². The van der Waals surface area contributed by atoms with Gasteiger partial charge in [-0.2, -0.15) is 5.26 Å². The molecular weight excluding hydrogens is 260 g/mol. The summed E-state index contributed by atoms with van der Waals surface area (Å²) in [6.45, 7) is 5.58. The van der Waals surface area contributed by atoms with Crippen LogP contribution in [-0.4, -0.2) is 17.5 Å². The molecule has 76 valence electrons. The maximum atomic E-state index is 8.67. The average molecular weight is 273 g/mol. The van der Waals surface area contributed by atoms with Crippen molar-refractivity contribution in [2.45, 2.75) is 26.4 Å². The Labute approximate surface area is 97.3 Å². The SMILES string of the molecule is CC(C)N(CC#N)Cc1ccc(Br)s1. The zero-order valence-electron chi connectivity index (χ0n) is 8.33. The quantitative estimate of drug-likeness (QED) is 0.787. The Morgan fingerprint density at radius 3 is 2.71 bits per heavy atom. The van der Waals surface area contributed by atoms with Gasteiger partial charge in [-0.3, -0.25) is 4.90 Å². The van der Waals surface area contributed by atoms with Crippen LogP contribution in [0.5, 0.6) is 0 Å². The molecule has 0 amide bonds. The fourth-order valence-electron chi connectivity index (χ4n) is 1.15. The first-order chi connectivity index (χ1) is 6.63. The van der Waals surface area contributed by atoms with Crippen molar-refractivity contribution in [3.05, 3.63) is 20.8 Å². The zero-order valence-corrected chi connectivity index (χ0v) is 10.7. The molecule has 0 atom stereocenters. The van der Waals surface area contributed by atoms with E-state index in [2.05, 4.69) is 46.8 Å². The van der Waals surface area contributed by atoms with Gasteiger partial charge in [-0.25, -0.2) is 0 Å². The molecule has 0 saturated carbocycles. The molecule has 0 unspecified atom stereocenters. The molecule has 0 fully saturated rings. The smallest absolute Gasteiger partial charge is 0.0871 e. The lowest BCUT2D eigenvalue weighted by molar-refractivity contribution is 0.242. The second-order valence-electron chi connectivity index (χ2n) is 3.36. The van der Waals surface area contributed by atoms with E-state index >= 15 is 0 Å². The molecule has 1 rings (SSSR count). The predicted molar refractivity (Wildman–Crippen MR) is 63.2 cm³/mol. The van der Waals surface area contributed by atoms with E-state index in [1.165, 1.54) is 4.88 Å². The van der Waals surface area contributed by atoms with Gasteiger partial charge in [-0.1, -0.05) is 0 Å². The summed E-state index contributed by atoms with van der Waals surface area (Å²) in [5.74, 6) is 0. The van der Waals surface area contributed by atoms with Crippen LogP contribution in [0.2, 0.25) is 0 Å². The summed E-state index contributed by atoms with van der Waals surface area (Å²) in [4.78, 5) is 3.44. The highest BCUT2D eigenvalue weighted by atomic mass is 79.9. The average Bonchev–Trinajstić information content (AvgIpc) is 2.50. The summed E-state index contributed by atoms with van der Waals surface area (Å²) in [5.41, 5.74) is 0. The van der Waals surface area contributed by atoms with Crippen molar-refractivity contribution < 1.29 is 0 Å². The first-order valence-electron chi connectivity index (χ1n) is 4.48. The molecule has 0 N–H and O–H groups in total. The third-order valence-corrected chi connectivity index (χ3v) is 3.60. The van der Waals surface area contributed by atoms with Crippen molar-refractivity contribution in [1.82, 2.24) is 4.90 Å². The second kappa shape index (κ2) is 5.50. The number of nitrogens with zero attached hydrogens (tertiary/aromatic N) is 2. The maximum Gasteiger partial charge on any atom is 0.0871 e. The Morgan fingerprint density at radius 2 is 2.29 bits per heavy atom. The molecular formula is C10H13BrN2S. The molecule has 0 spiro atoms. The zero-order chi connectivity index (χ0) is 10.6. The number of hydrogen-bond donors (Lipinski definition) is 0. The molecule has 0 bridgehead atoms. The lowest BCUT2D eigenvalue weighted by Gasteiger charge is -2.22. The summed E-state index contributed by atoms with van der Waals surface area (Å²) in [7, 11) is 0. The predicted octanol–water partition coefficient (Wildman–Crippen LogP) is 3.24. The third kappa shape index (κ3) is 3.41. The molecule has 0 radical (unpaired) electrons. The van der Waals surface area contributed by atoms with E-state index in [9.17, 15) is 0 Å². The summed E-state index contributed by atoms with van der Waals surface area (Å²) in [5, 5.41) is 8.67. The summed E-state index contributed by atoms with van der Waals surface area (Å²) in [6.07, 6.45) is 0. The van der Waals surface area contributed by atoms with E-state index in [-0.39, 0.29) is 0 Å². The molecule has 0 aliphatic rings. The Kier molecular flexibility index (Phi) is 4.59. The van der Waals surface area contributed by atoms with Crippen molar-refractivity contribution in [1.29, 1.82) is 5.26 Å². The number of nitriles is 1. The van der Waals surface area contributed by atoms with Gasteiger partial charge in [0.15, 0.2) is 0 Å². The summed E-state index contributed by atoms with van der Waals surface area (Å²) < 4.78 is 1.15. The first-order valence-corrected chi connectivity index (χ1v) is 6.09. The van der Waals surface area contributed by atoms with Crippen LogP contribution in [0.3, 0.4) is 0 Å². The highest BCUT2D eigenvalue weighted by Crippen LogP contribution is 2.23. The van der Waals surface area contributed by atoms with E-state index in [4.69, 9.17) is 5.26 Å². The van der Waals surface area contributed by atoms with Gasteiger partial charge in [-0.15, -0.1) is 11.3 Å². The van der Waals surface area contributed by atoms with E-state index in [1.54, 1.807) is 11.3 Å². The highest BCUT2D eigenvalue weighted by Gasteiger charge is 2.10. The Balaban J connectivity index is 2.60. The van der Waals surface area contributed by atoms with Gasteiger partial charge in [-0.05, 0) is 41.9 Å². The van der Waals surface area contributed by atoms with Crippen LogP contribution in [0.15, 0.2) is 15.9 Å². The topological polar surface area (TPSA) is 27.0 Å². The molecule has 0 aliphatic heterocycles. The largest absolute Gasteiger partial charge is 0.283 e. The number of rotatable bonds is 4. The van der Waals surface area contributed by atoms with Crippen LogP contribution >= 0.6 is 27.3 Å². The molecule has 0 aliphatic carbocycles. The maximum absolute atomic E-state index is 8.67. The van der Waals surface area contributed by atoms with Crippen molar-refractivity contribution in [3.8, 4) is 6.07 Å². The summed E-state index contributed by atoms with van der Waals surface area (Å²) >= 11 is 5.16. The Morgan fingerprint density at radius 1 is 1.57 bits per heavy atom. The fraction of sp³-hybridized carbons (Fsp3) is 0.500. The lowest BCUT2D eigenvalue weighted by Crippen LogP contribution is -2.30. The van der Waals surface area contributed by atoms with Crippen LogP contribution in [0, 0.1) is 11.3 Å². The first kappa shape index (κ1) is 11.7. The number of halogens is 1. The molecule has 14 heavy (non-hydrogen) atoms.